The molecule has 0 spiro atoms. The van der Waals surface area contributed by atoms with Crippen LogP contribution in [0.1, 0.15) is 30.0 Å². The predicted octanol–water partition coefficient (Wildman–Crippen LogP) is 5.52. The van der Waals surface area contributed by atoms with Gasteiger partial charge in [0.25, 0.3) is 0 Å². The van der Waals surface area contributed by atoms with Gasteiger partial charge in [0.15, 0.2) is 0 Å². The molecule has 5 rings (SSSR count). The van der Waals surface area contributed by atoms with E-state index in [-0.39, 0.29) is 39.8 Å². The first-order valence-electron chi connectivity index (χ1n) is 10.3. The Morgan fingerprint density at radius 3 is 2.73 bits per heavy atom. The van der Waals surface area contributed by atoms with Crippen LogP contribution >= 0.6 is 11.6 Å². The Morgan fingerprint density at radius 2 is 1.97 bits per heavy atom. The van der Waals surface area contributed by atoms with E-state index in [1.54, 1.807) is 11.0 Å². The molecule has 2 aliphatic heterocycles. The molecule has 1 saturated heterocycles. The molecule has 2 amide bonds. The minimum atomic E-state index is -0.863. The van der Waals surface area contributed by atoms with Gasteiger partial charge in [0.2, 0.25) is 17.8 Å². The van der Waals surface area contributed by atoms with Crippen LogP contribution in [0.25, 0.3) is 11.1 Å². The first kappa shape index (κ1) is 21.5. The van der Waals surface area contributed by atoms with E-state index in [9.17, 15) is 18.0 Å². The van der Waals surface area contributed by atoms with Gasteiger partial charge in [-0.25, -0.2) is 14.2 Å². The number of carbonyl (C=O) groups is 1. The molecule has 0 saturated carbocycles. The van der Waals surface area contributed by atoms with Crippen LogP contribution in [0.5, 0.6) is 5.88 Å². The number of hydrogen-bond acceptors (Lipinski definition) is 4. The number of anilines is 1. The van der Waals surface area contributed by atoms with Crippen LogP contribution in [0.4, 0.5) is 23.7 Å². The summed E-state index contributed by atoms with van der Waals surface area (Å²) in [5, 5.41) is 2.61. The second-order valence-corrected chi connectivity index (χ2v) is 8.37. The molecule has 4 heterocycles. The maximum absolute atomic E-state index is 14.9. The average Bonchev–Trinajstić information content (AvgIpc) is 3.11. The number of benzene rings is 1. The van der Waals surface area contributed by atoms with E-state index in [0.717, 1.165) is 11.6 Å². The fraction of sp³-hybridized carbons (Fsp3) is 0.261. The van der Waals surface area contributed by atoms with Crippen LogP contribution in [0.2, 0.25) is 5.02 Å². The van der Waals surface area contributed by atoms with Gasteiger partial charge in [0, 0.05) is 35.0 Å². The first-order chi connectivity index (χ1) is 15.9. The van der Waals surface area contributed by atoms with Crippen LogP contribution in [0, 0.1) is 17.7 Å². The molecule has 2 aromatic heterocycles. The third-order valence-corrected chi connectivity index (χ3v) is 6.51. The Balaban J connectivity index is 1.41. The Bertz CT molecular complexity index is 1270. The van der Waals surface area contributed by atoms with Crippen LogP contribution < -0.4 is 10.1 Å². The van der Waals surface area contributed by atoms with Gasteiger partial charge in [0.05, 0.1) is 23.9 Å². The highest BCUT2D eigenvalue weighted by molar-refractivity contribution is 6.33. The number of pyridine rings is 2. The summed E-state index contributed by atoms with van der Waals surface area (Å²) in [7, 11) is 1.35. The molecule has 10 heteroatoms. The summed E-state index contributed by atoms with van der Waals surface area (Å²) in [5.41, 5.74) is 1.21. The summed E-state index contributed by atoms with van der Waals surface area (Å²) >= 11 is 6.30. The van der Waals surface area contributed by atoms with Crippen LogP contribution in [-0.4, -0.2) is 34.1 Å². The Kier molecular flexibility index (Phi) is 5.36. The molecule has 170 valence electrons. The normalized spacial score (nSPS) is 18.8. The van der Waals surface area contributed by atoms with Crippen molar-refractivity contribution < 1.29 is 22.7 Å². The molecule has 3 aromatic rings. The smallest absolute Gasteiger partial charge is 0.322 e. The van der Waals surface area contributed by atoms with E-state index in [1.165, 1.54) is 31.5 Å². The summed E-state index contributed by atoms with van der Waals surface area (Å²) in [6.07, 6.45) is 3.12. The van der Waals surface area contributed by atoms with Crippen molar-refractivity contribution in [3.63, 3.8) is 0 Å². The predicted molar refractivity (Wildman–Crippen MR) is 116 cm³/mol. The number of fused-ring (bicyclic) bond motifs is 4. The Labute approximate surface area is 192 Å². The second-order valence-electron chi connectivity index (χ2n) is 7.96. The molecule has 0 unspecified atom stereocenters. The summed E-state index contributed by atoms with van der Waals surface area (Å²) in [6, 6.07) is 5.79. The maximum atomic E-state index is 14.9. The van der Waals surface area contributed by atoms with Gasteiger partial charge < -0.3 is 15.0 Å². The van der Waals surface area contributed by atoms with E-state index >= 15 is 0 Å². The quantitative estimate of drug-likeness (QED) is 0.508. The minimum absolute atomic E-state index is 0.00102. The molecule has 0 aliphatic carbocycles. The van der Waals surface area contributed by atoms with E-state index < -0.39 is 23.7 Å². The number of amides is 2. The van der Waals surface area contributed by atoms with Crippen molar-refractivity contribution >= 4 is 23.3 Å². The zero-order valence-corrected chi connectivity index (χ0v) is 18.2. The van der Waals surface area contributed by atoms with Crippen molar-refractivity contribution in [2.24, 2.45) is 0 Å². The summed E-state index contributed by atoms with van der Waals surface area (Å²) in [5.74, 6) is -2.08. The molecular formula is C23H18ClF3N4O2. The van der Waals surface area contributed by atoms with E-state index in [0.29, 0.717) is 24.8 Å². The number of halogens is 4. The first-order valence-corrected chi connectivity index (χ1v) is 10.7. The van der Waals surface area contributed by atoms with Gasteiger partial charge in [-0.05, 0) is 49.1 Å². The highest BCUT2D eigenvalue weighted by Gasteiger charge is 2.43. The fourth-order valence-electron chi connectivity index (χ4n) is 4.69. The Morgan fingerprint density at radius 1 is 1.15 bits per heavy atom. The lowest BCUT2D eigenvalue weighted by Gasteiger charge is -2.36. The van der Waals surface area contributed by atoms with Crippen LogP contribution in [0.3, 0.4) is 0 Å². The number of methoxy groups -OCH3 is 1. The van der Waals surface area contributed by atoms with E-state index in [1.807, 2.05) is 0 Å². The van der Waals surface area contributed by atoms with Crippen molar-refractivity contribution in [3.05, 3.63) is 70.4 Å². The lowest BCUT2D eigenvalue weighted by Crippen LogP contribution is -2.44. The minimum Gasteiger partial charge on any atom is -0.481 e. The van der Waals surface area contributed by atoms with Crippen molar-refractivity contribution in [1.29, 1.82) is 0 Å². The van der Waals surface area contributed by atoms with Crippen molar-refractivity contribution in [2.75, 3.05) is 12.4 Å². The number of rotatable bonds is 3. The zero-order chi connectivity index (χ0) is 23.3. The maximum Gasteiger partial charge on any atom is 0.322 e. The van der Waals surface area contributed by atoms with E-state index in [4.69, 9.17) is 16.3 Å². The summed E-state index contributed by atoms with van der Waals surface area (Å²) < 4.78 is 48.3. The van der Waals surface area contributed by atoms with Gasteiger partial charge in [-0.3, -0.25) is 0 Å². The van der Waals surface area contributed by atoms with Gasteiger partial charge >= 0.3 is 6.03 Å². The topological polar surface area (TPSA) is 67.3 Å². The Hall–Kier alpha value is -3.33. The summed E-state index contributed by atoms with van der Waals surface area (Å²) in [6.45, 7) is 0. The molecule has 2 atom stereocenters. The van der Waals surface area contributed by atoms with Crippen LogP contribution in [-0.2, 0) is 6.42 Å². The number of ether oxygens (including phenoxy) is 1. The zero-order valence-electron chi connectivity index (χ0n) is 17.4. The number of hydrogen-bond donors (Lipinski definition) is 1. The van der Waals surface area contributed by atoms with Crippen LogP contribution in [0.15, 0.2) is 36.5 Å². The molecular weight excluding hydrogens is 457 g/mol. The van der Waals surface area contributed by atoms with Crippen molar-refractivity contribution in [3.8, 4) is 17.0 Å². The van der Waals surface area contributed by atoms with E-state index in [2.05, 4.69) is 15.3 Å². The number of nitrogens with one attached hydrogen (secondary N) is 1. The number of urea groups is 1. The molecule has 33 heavy (non-hydrogen) atoms. The summed E-state index contributed by atoms with van der Waals surface area (Å²) in [4.78, 5) is 22.0. The highest BCUT2D eigenvalue weighted by atomic mass is 35.5. The largest absolute Gasteiger partial charge is 0.481 e. The monoisotopic (exact) mass is 474 g/mol. The molecule has 6 nitrogen and oxygen atoms in total. The average molecular weight is 475 g/mol. The van der Waals surface area contributed by atoms with Crippen molar-refractivity contribution in [2.45, 2.75) is 31.3 Å². The van der Waals surface area contributed by atoms with Crippen molar-refractivity contribution in [1.82, 2.24) is 14.9 Å². The number of carbonyl (C=O) groups excluding carboxylic acids is 1. The fourth-order valence-corrected chi connectivity index (χ4v) is 4.95. The second kappa shape index (κ2) is 8.22. The lowest BCUT2D eigenvalue weighted by molar-refractivity contribution is 0.178. The third kappa shape index (κ3) is 3.66. The van der Waals surface area contributed by atoms with Gasteiger partial charge in [-0.1, -0.05) is 11.6 Å². The molecule has 1 fully saturated rings. The molecule has 2 aliphatic rings. The SMILES string of the molecule is COc1ccc(-c2cc(F)c(NC(=O)N3[C@H]4CC[C@@H]3c3ccnc(F)c3C4)cc2Cl)c(F)n1. The standard InChI is InChI=1S/C23H18ClF3N4O2/c1-33-20-5-3-13(22(27)30-20)14-9-17(25)18(10-16(14)24)29-23(32)31-11-2-4-19(31)12-6-7-28-21(26)15(12)8-11/h3,5-7,9-11,19H,2,4,8H2,1H3,(H,29,32)/t11-,19+/m0/s1. The molecule has 0 radical (unpaired) electrons. The van der Waals surface area contributed by atoms with Gasteiger partial charge in [-0.2, -0.15) is 13.8 Å². The molecule has 2 bridgehead atoms. The van der Waals surface area contributed by atoms with Gasteiger partial charge in [0.1, 0.15) is 5.82 Å². The highest BCUT2D eigenvalue weighted by Crippen LogP contribution is 2.44. The third-order valence-electron chi connectivity index (χ3n) is 6.20. The molecule has 1 N–H and O–H groups in total. The van der Waals surface area contributed by atoms with Gasteiger partial charge in [-0.15, -0.1) is 0 Å². The molecule has 1 aromatic carbocycles. The lowest BCUT2D eigenvalue weighted by atomic mass is 9.95. The number of aromatic nitrogens is 2. The number of nitrogens with zero attached hydrogens (tertiary/aromatic N) is 3.